The van der Waals surface area contributed by atoms with Gasteiger partial charge in [-0.2, -0.15) is 15.1 Å². The quantitative estimate of drug-likeness (QED) is 0.0841. The maximum Gasteiger partial charge on any atom is 0.319 e. The average Bonchev–Trinajstić information content (AvgIpc) is 4.22. The van der Waals surface area contributed by atoms with E-state index in [0.717, 1.165) is 87.6 Å². The molecule has 1 saturated carbocycles. The summed E-state index contributed by atoms with van der Waals surface area (Å²) in [6.07, 6.45) is 17.9. The van der Waals surface area contributed by atoms with Crippen molar-refractivity contribution in [1.29, 1.82) is 0 Å². The fraction of sp³-hybridized carbons (Fsp3) is 0.500. The first-order valence-corrected chi connectivity index (χ1v) is 27.2. The number of hydrogen-bond donors (Lipinski definition) is 3. The number of anilines is 1. The minimum atomic E-state index is -0.765. The van der Waals surface area contributed by atoms with Crippen LogP contribution in [0.1, 0.15) is 99.3 Å². The van der Waals surface area contributed by atoms with Crippen LogP contribution in [0.15, 0.2) is 48.7 Å². The number of nitrogens with one attached hydrogen (secondary N) is 2. The van der Waals surface area contributed by atoms with Crippen molar-refractivity contribution in [2.75, 3.05) is 70.9 Å². The van der Waals surface area contributed by atoms with Gasteiger partial charge in [0.15, 0.2) is 5.82 Å². The predicted octanol–water partition coefficient (Wildman–Crippen LogP) is 6.55. The number of aromatic nitrogens is 5. The number of piperidine rings is 2. The monoisotopic (exact) mass is 1030 g/mol. The van der Waals surface area contributed by atoms with E-state index in [0.29, 0.717) is 86.0 Å². The summed E-state index contributed by atoms with van der Waals surface area (Å²) < 4.78 is 40.6. The Balaban J connectivity index is 0.660. The van der Waals surface area contributed by atoms with Crippen LogP contribution in [0.25, 0.3) is 43.8 Å². The Labute approximate surface area is 440 Å². The van der Waals surface area contributed by atoms with Gasteiger partial charge in [-0.3, -0.25) is 24.2 Å². The van der Waals surface area contributed by atoms with E-state index in [2.05, 4.69) is 59.4 Å². The van der Waals surface area contributed by atoms with Crippen LogP contribution in [0, 0.1) is 29.4 Å². The molecule has 6 aromatic rings. The number of carbonyl (C=O) groups excluding carboxylic acids is 3. The van der Waals surface area contributed by atoms with E-state index in [1.165, 1.54) is 48.9 Å². The summed E-state index contributed by atoms with van der Waals surface area (Å²) in [7, 11) is 3.54. The number of halogens is 2. The molecule has 3 aromatic heterocycles. The lowest BCUT2D eigenvalue weighted by atomic mass is 9.59. The number of phenols is 1. The molecular formula is C58H65F2N11O5. The topological polar surface area (TPSA) is 174 Å². The van der Waals surface area contributed by atoms with Crippen LogP contribution in [0.5, 0.6) is 11.8 Å². The molecule has 6 fully saturated rings. The highest BCUT2D eigenvalue weighted by Crippen LogP contribution is 2.52. The van der Waals surface area contributed by atoms with Gasteiger partial charge in [0, 0.05) is 100 Å². The Hall–Kier alpha value is -6.81. The molecule has 0 radical (unpaired) electrons. The standard InChI is InChI=1S/C58H65F2N11O5/c1-4-42-47(59)12-8-36-24-40(73)26-45(50(36)42)53-51(60)54-46(29-62-53)55(71-30-37-9-10-38(31-71)63-37)65-57(64-54)76-41-15-18-68(32-41)33-49(74)70-21-16-58(17-22-70)27-39(28-58)69-19-13-34(14-20-69)35-7-11-43-48(25-35)67(3)66-52(43)44(6-5-23-72)56(75)61-2/h1,7-8,11-12,23-26,29,34,37-39,41,44,63,73H,5-6,9-10,13-22,27-28,30-33H2,2-3H3,(H,61,75). The van der Waals surface area contributed by atoms with Gasteiger partial charge in [0.25, 0.3) is 0 Å². The molecule has 1 aliphatic carbocycles. The van der Waals surface area contributed by atoms with Gasteiger partial charge >= 0.3 is 6.01 Å². The number of piperazine rings is 1. The van der Waals surface area contributed by atoms with E-state index in [1.54, 1.807) is 7.05 Å². The van der Waals surface area contributed by atoms with Crippen LogP contribution in [0.4, 0.5) is 14.6 Å². The number of hydrogen-bond acceptors (Lipinski definition) is 13. The number of amides is 2. The van der Waals surface area contributed by atoms with Crippen LogP contribution < -0.4 is 20.3 Å². The summed E-state index contributed by atoms with van der Waals surface area (Å²) in [5.74, 6) is 1.36. The number of fused-ring (bicyclic) bond motifs is 5. The molecule has 2 amide bonds. The molecule has 6 aliphatic rings. The van der Waals surface area contributed by atoms with Gasteiger partial charge in [-0.25, -0.2) is 8.78 Å². The van der Waals surface area contributed by atoms with Crippen LogP contribution in [0.3, 0.4) is 0 Å². The molecule has 5 aliphatic heterocycles. The van der Waals surface area contributed by atoms with Crippen molar-refractivity contribution in [3.8, 4) is 35.4 Å². The fourth-order valence-corrected chi connectivity index (χ4v) is 13.8. The fourth-order valence-electron chi connectivity index (χ4n) is 13.8. The molecule has 1 spiro atoms. The molecule has 4 unspecified atom stereocenters. The maximum absolute atomic E-state index is 17.2. The first kappa shape index (κ1) is 50.0. The van der Waals surface area contributed by atoms with Crippen LogP contribution in [0.2, 0.25) is 0 Å². The molecule has 396 valence electrons. The molecule has 76 heavy (non-hydrogen) atoms. The van der Waals surface area contributed by atoms with Crippen molar-refractivity contribution in [3.05, 3.63) is 77.1 Å². The Morgan fingerprint density at radius 2 is 1.75 bits per heavy atom. The second-order valence-electron chi connectivity index (χ2n) is 22.4. The zero-order chi connectivity index (χ0) is 52.4. The number of rotatable bonds is 13. The number of nitrogens with zero attached hydrogens (tertiary/aromatic N) is 9. The summed E-state index contributed by atoms with van der Waals surface area (Å²) in [5, 5.41) is 24.0. The van der Waals surface area contributed by atoms with Crippen molar-refractivity contribution in [3.63, 3.8) is 0 Å². The minimum Gasteiger partial charge on any atom is -0.508 e. The lowest BCUT2D eigenvalue weighted by molar-refractivity contribution is -0.137. The van der Waals surface area contributed by atoms with Gasteiger partial charge in [-0.1, -0.05) is 24.1 Å². The number of aldehydes is 1. The first-order chi connectivity index (χ1) is 36.9. The number of terminal acetylenes is 1. The van der Waals surface area contributed by atoms with Crippen LogP contribution in [-0.4, -0.2) is 153 Å². The highest BCUT2D eigenvalue weighted by Gasteiger charge is 2.49. The second kappa shape index (κ2) is 20.3. The van der Waals surface area contributed by atoms with Crippen molar-refractivity contribution in [1.82, 2.24) is 50.1 Å². The molecule has 8 heterocycles. The van der Waals surface area contributed by atoms with E-state index in [4.69, 9.17) is 21.2 Å². The van der Waals surface area contributed by atoms with Gasteiger partial charge in [-0.05, 0) is 124 Å². The first-order valence-electron chi connectivity index (χ1n) is 27.2. The Kier molecular flexibility index (Phi) is 13.4. The summed E-state index contributed by atoms with van der Waals surface area (Å²) in [4.78, 5) is 61.0. The van der Waals surface area contributed by atoms with Gasteiger partial charge in [0.05, 0.1) is 34.6 Å². The molecule has 18 heteroatoms. The number of aromatic hydroxyl groups is 1. The third-order valence-corrected chi connectivity index (χ3v) is 17.9. The number of likely N-dealkylation sites (N-methyl/N-ethyl adjacent to an activating group) is 1. The van der Waals surface area contributed by atoms with Crippen molar-refractivity contribution in [2.45, 2.75) is 107 Å². The van der Waals surface area contributed by atoms with E-state index in [9.17, 15) is 19.5 Å². The maximum atomic E-state index is 17.2. The van der Waals surface area contributed by atoms with Gasteiger partial charge < -0.3 is 40.0 Å². The van der Waals surface area contributed by atoms with Crippen molar-refractivity contribution in [2.24, 2.45) is 12.5 Å². The van der Waals surface area contributed by atoms with Crippen molar-refractivity contribution >= 4 is 56.5 Å². The van der Waals surface area contributed by atoms with Crippen molar-refractivity contribution < 1.29 is 33.0 Å². The SMILES string of the molecule is C#Cc1c(F)ccc2cc(O)cc(-c3ncc4c(N5CC6CCC(C5)N6)nc(OC5CCN(CC(=O)N6CCC7(CC6)CC(N6CCC(c8ccc9c(C(CCC=O)C(=O)NC)nn(C)c9c8)CC6)C7)C5)nc4c3F)c12. The highest BCUT2D eigenvalue weighted by atomic mass is 19.1. The smallest absolute Gasteiger partial charge is 0.319 e. The van der Waals surface area contributed by atoms with E-state index >= 15 is 8.78 Å². The number of pyridine rings is 1. The van der Waals surface area contributed by atoms with Crippen LogP contribution in [-0.2, 0) is 21.4 Å². The Bertz CT molecular complexity index is 3290. The van der Waals surface area contributed by atoms with E-state index in [1.807, 2.05) is 16.6 Å². The summed E-state index contributed by atoms with van der Waals surface area (Å²) in [6, 6.07) is 13.2. The van der Waals surface area contributed by atoms with E-state index < -0.39 is 17.6 Å². The number of phenolic OH excluding ortho intramolecular Hbond substituents is 1. The highest BCUT2D eigenvalue weighted by molar-refractivity contribution is 6.03. The number of aryl methyl sites for hydroxylation is 1. The second-order valence-corrected chi connectivity index (χ2v) is 22.4. The summed E-state index contributed by atoms with van der Waals surface area (Å²) >= 11 is 0. The molecule has 3 aromatic carbocycles. The van der Waals surface area contributed by atoms with Gasteiger partial charge in [-0.15, -0.1) is 6.42 Å². The average molecular weight is 1030 g/mol. The molecule has 3 N–H and O–H groups in total. The molecule has 2 bridgehead atoms. The molecule has 16 nitrogen and oxygen atoms in total. The van der Waals surface area contributed by atoms with Crippen LogP contribution >= 0.6 is 0 Å². The zero-order valence-corrected chi connectivity index (χ0v) is 43.2. The van der Waals surface area contributed by atoms with E-state index in [-0.39, 0.29) is 69.5 Å². The third-order valence-electron chi connectivity index (χ3n) is 17.9. The summed E-state index contributed by atoms with van der Waals surface area (Å²) in [5.41, 5.74) is 3.29. The number of carbonyl (C=O) groups is 3. The number of benzene rings is 3. The predicted molar refractivity (Wildman–Crippen MR) is 285 cm³/mol. The minimum absolute atomic E-state index is 0.00357. The van der Waals surface area contributed by atoms with Gasteiger partial charge in [0.2, 0.25) is 11.8 Å². The zero-order valence-electron chi connectivity index (χ0n) is 43.2. The van der Waals surface area contributed by atoms with Gasteiger partial charge in [0.1, 0.15) is 41.0 Å². The molecule has 12 rings (SSSR count). The normalized spacial score (nSPS) is 22.6. The number of ether oxygens (including phenoxy) is 1. The third kappa shape index (κ3) is 9.27. The number of likely N-dealkylation sites (tertiary alicyclic amines) is 3. The molecule has 4 atom stereocenters. The summed E-state index contributed by atoms with van der Waals surface area (Å²) in [6.45, 7) is 6.47. The lowest BCUT2D eigenvalue weighted by Crippen LogP contribution is -2.57. The lowest BCUT2D eigenvalue weighted by Gasteiger charge is -2.56. The molecular weight excluding hydrogens is 969 g/mol. The molecule has 5 saturated heterocycles. The largest absolute Gasteiger partial charge is 0.508 e. The Morgan fingerprint density at radius 3 is 2.49 bits per heavy atom. The Morgan fingerprint density at radius 1 is 0.974 bits per heavy atom.